The Morgan fingerprint density at radius 3 is 2.52 bits per heavy atom. The summed E-state index contributed by atoms with van der Waals surface area (Å²) in [4.78, 5) is 2.73. The minimum absolute atomic E-state index is 0.613. The smallest absolute Gasteiger partial charge is 0.0391 e. The number of hydrogen-bond acceptors (Lipinski definition) is 2. The van der Waals surface area contributed by atoms with Crippen LogP contribution in [0, 0.1) is 5.92 Å². The van der Waals surface area contributed by atoms with Crippen LogP contribution in [-0.4, -0.2) is 31.6 Å². The van der Waals surface area contributed by atoms with E-state index in [0.717, 1.165) is 18.4 Å². The van der Waals surface area contributed by atoms with Gasteiger partial charge in [0.1, 0.15) is 0 Å². The van der Waals surface area contributed by atoms with Gasteiger partial charge in [-0.15, -0.1) is 0 Å². The lowest BCUT2D eigenvalue weighted by Gasteiger charge is -2.36. The van der Waals surface area contributed by atoms with Crippen LogP contribution in [0.3, 0.4) is 0 Å². The topological polar surface area (TPSA) is 15.3 Å². The van der Waals surface area contributed by atoms with E-state index in [0.29, 0.717) is 6.04 Å². The quantitative estimate of drug-likeness (QED) is 0.882. The van der Waals surface area contributed by atoms with E-state index in [1.165, 1.54) is 45.2 Å². The fraction of sp³-hybridized carbons (Fsp3) is 0.684. The zero-order valence-corrected chi connectivity index (χ0v) is 13.6. The maximum Gasteiger partial charge on any atom is 0.0391 e. The standard InChI is InChI=1S/C19H30N2/c1-3-21-13-7-6-8-16(14-20-2)19(21)18-10-5-4-9-17(18)15-11-12-15/h4-5,9-10,15-16,19-20H,3,6-8,11-14H2,1-2H3. The van der Waals surface area contributed by atoms with Crippen LogP contribution < -0.4 is 5.32 Å². The summed E-state index contributed by atoms with van der Waals surface area (Å²) in [5, 5.41) is 3.45. The summed E-state index contributed by atoms with van der Waals surface area (Å²) in [6.07, 6.45) is 6.89. The Balaban J connectivity index is 1.96. The molecule has 0 radical (unpaired) electrons. The molecular formula is C19H30N2. The molecule has 1 aromatic rings. The second-order valence-electron chi connectivity index (χ2n) is 6.79. The Morgan fingerprint density at radius 2 is 1.86 bits per heavy atom. The molecule has 21 heavy (non-hydrogen) atoms. The molecule has 1 aromatic carbocycles. The van der Waals surface area contributed by atoms with Gasteiger partial charge in [-0.25, -0.2) is 0 Å². The molecule has 0 bridgehead atoms. The fourth-order valence-electron chi connectivity index (χ4n) is 4.14. The molecule has 2 aliphatic rings. The van der Waals surface area contributed by atoms with Crippen molar-refractivity contribution < 1.29 is 0 Å². The SMILES string of the molecule is CCN1CCCCC(CNC)C1c1ccccc1C1CC1. The van der Waals surface area contributed by atoms with Crippen LogP contribution in [0.5, 0.6) is 0 Å². The zero-order valence-electron chi connectivity index (χ0n) is 13.6. The van der Waals surface area contributed by atoms with E-state index in [-0.39, 0.29) is 0 Å². The predicted octanol–water partition coefficient (Wildman–Crippen LogP) is 3.95. The van der Waals surface area contributed by atoms with E-state index in [2.05, 4.69) is 48.5 Å². The van der Waals surface area contributed by atoms with Gasteiger partial charge < -0.3 is 5.32 Å². The molecule has 2 unspecified atom stereocenters. The Labute approximate surface area is 129 Å². The molecule has 0 aromatic heterocycles. The fourth-order valence-corrected chi connectivity index (χ4v) is 4.14. The van der Waals surface area contributed by atoms with Gasteiger partial charge in [-0.05, 0) is 75.3 Å². The summed E-state index contributed by atoms with van der Waals surface area (Å²) in [5.41, 5.74) is 3.27. The van der Waals surface area contributed by atoms with Crippen molar-refractivity contribution in [2.45, 2.75) is 51.0 Å². The molecule has 2 fully saturated rings. The number of rotatable bonds is 5. The lowest BCUT2D eigenvalue weighted by atomic mass is 9.85. The average molecular weight is 286 g/mol. The maximum atomic E-state index is 3.45. The van der Waals surface area contributed by atoms with Gasteiger partial charge in [0, 0.05) is 6.04 Å². The van der Waals surface area contributed by atoms with Crippen molar-refractivity contribution in [3.8, 4) is 0 Å². The minimum atomic E-state index is 0.613. The van der Waals surface area contributed by atoms with Crippen LogP contribution >= 0.6 is 0 Å². The first-order valence-electron chi connectivity index (χ1n) is 8.82. The van der Waals surface area contributed by atoms with Crippen molar-refractivity contribution in [2.75, 3.05) is 26.7 Å². The summed E-state index contributed by atoms with van der Waals surface area (Å²) in [6.45, 7) is 5.90. The Kier molecular flexibility index (Phi) is 4.97. The lowest BCUT2D eigenvalue weighted by molar-refractivity contribution is 0.161. The first-order chi connectivity index (χ1) is 10.3. The summed E-state index contributed by atoms with van der Waals surface area (Å²) >= 11 is 0. The second kappa shape index (κ2) is 6.93. The molecule has 1 aliphatic carbocycles. The third-order valence-electron chi connectivity index (χ3n) is 5.31. The highest BCUT2D eigenvalue weighted by atomic mass is 15.2. The minimum Gasteiger partial charge on any atom is -0.319 e. The summed E-state index contributed by atoms with van der Waals surface area (Å²) in [7, 11) is 2.10. The maximum absolute atomic E-state index is 3.45. The third-order valence-corrected chi connectivity index (χ3v) is 5.31. The first-order valence-corrected chi connectivity index (χ1v) is 8.82. The number of hydrogen-bond donors (Lipinski definition) is 1. The van der Waals surface area contributed by atoms with E-state index in [9.17, 15) is 0 Å². The molecule has 0 amide bonds. The van der Waals surface area contributed by atoms with Gasteiger partial charge in [0.05, 0.1) is 0 Å². The van der Waals surface area contributed by atoms with Crippen LogP contribution in [0.2, 0.25) is 0 Å². The van der Waals surface area contributed by atoms with Gasteiger partial charge in [0.25, 0.3) is 0 Å². The van der Waals surface area contributed by atoms with Crippen molar-refractivity contribution in [3.05, 3.63) is 35.4 Å². The number of nitrogens with one attached hydrogen (secondary N) is 1. The van der Waals surface area contributed by atoms with Crippen molar-refractivity contribution in [1.29, 1.82) is 0 Å². The monoisotopic (exact) mass is 286 g/mol. The Hall–Kier alpha value is -0.860. The van der Waals surface area contributed by atoms with Gasteiger partial charge in [0.15, 0.2) is 0 Å². The summed E-state index contributed by atoms with van der Waals surface area (Å²) in [6, 6.07) is 9.90. The molecule has 0 spiro atoms. The predicted molar refractivity (Wildman–Crippen MR) is 89.7 cm³/mol. The van der Waals surface area contributed by atoms with Crippen LogP contribution in [0.15, 0.2) is 24.3 Å². The Morgan fingerprint density at radius 1 is 1.10 bits per heavy atom. The summed E-state index contributed by atoms with van der Waals surface area (Å²) < 4.78 is 0. The van der Waals surface area contributed by atoms with Crippen molar-refractivity contribution >= 4 is 0 Å². The molecule has 3 rings (SSSR count). The van der Waals surface area contributed by atoms with E-state index < -0.39 is 0 Å². The van der Waals surface area contributed by atoms with Crippen LogP contribution in [0.1, 0.15) is 62.1 Å². The third kappa shape index (κ3) is 3.32. The van der Waals surface area contributed by atoms with Crippen LogP contribution in [0.25, 0.3) is 0 Å². The number of likely N-dealkylation sites (tertiary alicyclic amines) is 1. The number of benzene rings is 1. The normalized spacial score (nSPS) is 27.5. The molecule has 2 nitrogen and oxygen atoms in total. The molecule has 1 aliphatic heterocycles. The largest absolute Gasteiger partial charge is 0.319 e. The second-order valence-corrected chi connectivity index (χ2v) is 6.79. The first kappa shape index (κ1) is 15.1. The number of nitrogens with zero attached hydrogens (tertiary/aromatic N) is 1. The van der Waals surface area contributed by atoms with Gasteiger partial charge >= 0.3 is 0 Å². The van der Waals surface area contributed by atoms with E-state index in [1.54, 1.807) is 11.1 Å². The van der Waals surface area contributed by atoms with Gasteiger partial charge in [0.2, 0.25) is 0 Å². The average Bonchev–Trinajstić information content (AvgIpc) is 3.35. The highest BCUT2D eigenvalue weighted by Crippen LogP contribution is 2.46. The lowest BCUT2D eigenvalue weighted by Crippen LogP contribution is -2.36. The molecule has 1 saturated carbocycles. The molecule has 1 saturated heterocycles. The van der Waals surface area contributed by atoms with Gasteiger partial charge in [-0.1, -0.05) is 37.6 Å². The van der Waals surface area contributed by atoms with E-state index >= 15 is 0 Å². The molecule has 1 heterocycles. The molecular weight excluding hydrogens is 256 g/mol. The van der Waals surface area contributed by atoms with Gasteiger partial charge in [-0.3, -0.25) is 4.90 Å². The molecule has 1 N–H and O–H groups in total. The van der Waals surface area contributed by atoms with Crippen molar-refractivity contribution in [3.63, 3.8) is 0 Å². The summed E-state index contributed by atoms with van der Waals surface area (Å²) in [5.74, 6) is 1.59. The van der Waals surface area contributed by atoms with E-state index in [4.69, 9.17) is 0 Å². The molecule has 2 heteroatoms. The van der Waals surface area contributed by atoms with E-state index in [1.807, 2.05) is 0 Å². The highest BCUT2D eigenvalue weighted by molar-refractivity contribution is 5.36. The molecule has 116 valence electrons. The highest BCUT2D eigenvalue weighted by Gasteiger charge is 2.34. The van der Waals surface area contributed by atoms with Crippen LogP contribution in [0.4, 0.5) is 0 Å². The Bertz CT molecular complexity index is 453. The van der Waals surface area contributed by atoms with Gasteiger partial charge in [-0.2, -0.15) is 0 Å². The van der Waals surface area contributed by atoms with Crippen molar-refractivity contribution in [2.24, 2.45) is 5.92 Å². The zero-order chi connectivity index (χ0) is 14.7. The molecule has 2 atom stereocenters. The van der Waals surface area contributed by atoms with Crippen molar-refractivity contribution in [1.82, 2.24) is 10.2 Å². The van der Waals surface area contributed by atoms with Crippen LogP contribution in [-0.2, 0) is 0 Å².